The third kappa shape index (κ3) is 4.00. The number of aromatic nitrogens is 2. The maximum Gasteiger partial charge on any atom is 0.175 e. The van der Waals surface area contributed by atoms with Crippen LogP contribution in [-0.4, -0.2) is 30.2 Å². The summed E-state index contributed by atoms with van der Waals surface area (Å²) in [5.41, 5.74) is 6.23. The summed E-state index contributed by atoms with van der Waals surface area (Å²) in [5, 5.41) is 4.09. The Kier molecular flexibility index (Phi) is 4.16. The molecular formula is C12H15N3O2S2. The average molecular weight is 297 g/mol. The lowest BCUT2D eigenvalue weighted by Gasteiger charge is -2.03. The first kappa shape index (κ1) is 14.0. The smallest absolute Gasteiger partial charge is 0.175 e. The summed E-state index contributed by atoms with van der Waals surface area (Å²) in [5.74, 6) is 0.847. The maximum absolute atomic E-state index is 11.3. The molecule has 0 amide bonds. The van der Waals surface area contributed by atoms with Gasteiger partial charge in [0.25, 0.3) is 0 Å². The minimum atomic E-state index is -3.12. The largest absolute Gasteiger partial charge is 0.396 e. The van der Waals surface area contributed by atoms with Crippen molar-refractivity contribution in [2.45, 2.75) is 16.3 Å². The van der Waals surface area contributed by atoms with Gasteiger partial charge in [-0.25, -0.2) is 8.42 Å². The van der Waals surface area contributed by atoms with E-state index >= 15 is 0 Å². The molecule has 0 atom stereocenters. The first-order valence-electron chi connectivity index (χ1n) is 5.66. The SMILES string of the molecule is CS(=O)(=O)c1ccc(SCCn2cc(N)cn2)cc1. The van der Waals surface area contributed by atoms with Gasteiger partial charge in [-0.2, -0.15) is 5.10 Å². The molecule has 5 nitrogen and oxygen atoms in total. The van der Waals surface area contributed by atoms with Gasteiger partial charge >= 0.3 is 0 Å². The van der Waals surface area contributed by atoms with Gasteiger partial charge in [-0.05, 0) is 24.3 Å². The Morgan fingerprint density at radius 1 is 1.32 bits per heavy atom. The Balaban J connectivity index is 1.90. The van der Waals surface area contributed by atoms with Crippen molar-refractivity contribution in [3.63, 3.8) is 0 Å². The van der Waals surface area contributed by atoms with E-state index in [4.69, 9.17) is 5.73 Å². The number of nitrogen functional groups attached to an aromatic ring is 1. The number of aryl methyl sites for hydroxylation is 1. The highest BCUT2D eigenvalue weighted by Crippen LogP contribution is 2.20. The number of hydrogen-bond donors (Lipinski definition) is 1. The lowest BCUT2D eigenvalue weighted by molar-refractivity contribution is 0.602. The summed E-state index contributed by atoms with van der Waals surface area (Å²) in [6.07, 6.45) is 4.61. The quantitative estimate of drug-likeness (QED) is 0.849. The number of anilines is 1. The van der Waals surface area contributed by atoms with Crippen molar-refractivity contribution in [3.8, 4) is 0 Å². The summed E-state index contributed by atoms with van der Waals surface area (Å²) in [6, 6.07) is 6.89. The molecule has 0 bridgehead atoms. The fraction of sp³-hybridized carbons (Fsp3) is 0.250. The molecule has 0 saturated heterocycles. The summed E-state index contributed by atoms with van der Waals surface area (Å²) < 4.78 is 24.4. The van der Waals surface area contributed by atoms with Gasteiger partial charge in [-0.3, -0.25) is 4.68 Å². The normalized spacial score (nSPS) is 11.6. The van der Waals surface area contributed by atoms with Crippen molar-refractivity contribution in [1.29, 1.82) is 0 Å². The van der Waals surface area contributed by atoms with E-state index in [0.717, 1.165) is 17.2 Å². The van der Waals surface area contributed by atoms with Crippen molar-refractivity contribution < 1.29 is 8.42 Å². The van der Waals surface area contributed by atoms with Crippen LogP contribution in [0.25, 0.3) is 0 Å². The van der Waals surface area contributed by atoms with E-state index in [1.54, 1.807) is 41.0 Å². The minimum absolute atomic E-state index is 0.344. The molecule has 2 N–H and O–H groups in total. The van der Waals surface area contributed by atoms with Crippen LogP contribution in [0, 0.1) is 0 Å². The summed E-state index contributed by atoms with van der Waals surface area (Å²) >= 11 is 1.65. The van der Waals surface area contributed by atoms with E-state index in [-0.39, 0.29) is 0 Å². The molecular weight excluding hydrogens is 282 g/mol. The molecule has 1 aromatic carbocycles. The highest BCUT2D eigenvalue weighted by Gasteiger charge is 2.06. The second kappa shape index (κ2) is 5.66. The van der Waals surface area contributed by atoms with Gasteiger partial charge < -0.3 is 5.73 Å². The van der Waals surface area contributed by atoms with E-state index in [2.05, 4.69) is 5.10 Å². The zero-order valence-electron chi connectivity index (χ0n) is 10.5. The predicted molar refractivity (Wildman–Crippen MR) is 76.9 cm³/mol. The number of nitrogens with two attached hydrogens (primary N) is 1. The van der Waals surface area contributed by atoms with Gasteiger partial charge in [0.1, 0.15) is 0 Å². The number of sulfone groups is 1. The fourth-order valence-corrected chi connectivity index (χ4v) is 3.01. The molecule has 0 saturated carbocycles. The van der Waals surface area contributed by atoms with Crippen molar-refractivity contribution in [3.05, 3.63) is 36.7 Å². The highest BCUT2D eigenvalue weighted by atomic mass is 32.2. The monoisotopic (exact) mass is 297 g/mol. The first-order chi connectivity index (χ1) is 8.95. The average Bonchev–Trinajstić information content (AvgIpc) is 2.75. The van der Waals surface area contributed by atoms with Crippen LogP contribution < -0.4 is 5.73 Å². The highest BCUT2D eigenvalue weighted by molar-refractivity contribution is 7.99. The van der Waals surface area contributed by atoms with Crippen LogP contribution in [0.5, 0.6) is 0 Å². The van der Waals surface area contributed by atoms with Crippen LogP contribution in [0.3, 0.4) is 0 Å². The maximum atomic E-state index is 11.3. The summed E-state index contributed by atoms with van der Waals surface area (Å²) in [6.45, 7) is 0.760. The van der Waals surface area contributed by atoms with Crippen molar-refractivity contribution in [2.75, 3.05) is 17.7 Å². The van der Waals surface area contributed by atoms with Gasteiger partial charge in [-0.15, -0.1) is 11.8 Å². The number of benzene rings is 1. The molecule has 0 aliphatic rings. The summed E-state index contributed by atoms with van der Waals surface area (Å²) in [7, 11) is -3.12. The molecule has 1 heterocycles. The Bertz CT molecular complexity index is 648. The second-order valence-corrected chi connectivity index (χ2v) is 7.31. The third-order valence-electron chi connectivity index (χ3n) is 2.49. The number of thioether (sulfide) groups is 1. The zero-order valence-corrected chi connectivity index (χ0v) is 12.1. The van der Waals surface area contributed by atoms with Gasteiger partial charge in [0.15, 0.2) is 9.84 Å². The zero-order chi connectivity index (χ0) is 13.9. The van der Waals surface area contributed by atoms with E-state index in [0.29, 0.717) is 10.6 Å². The summed E-state index contributed by atoms with van der Waals surface area (Å²) in [4.78, 5) is 1.38. The topological polar surface area (TPSA) is 78.0 Å². The fourth-order valence-electron chi connectivity index (χ4n) is 1.54. The van der Waals surface area contributed by atoms with Crippen molar-refractivity contribution >= 4 is 27.3 Å². The van der Waals surface area contributed by atoms with E-state index < -0.39 is 9.84 Å². The Morgan fingerprint density at radius 3 is 2.53 bits per heavy atom. The van der Waals surface area contributed by atoms with Crippen LogP contribution in [0.4, 0.5) is 5.69 Å². The van der Waals surface area contributed by atoms with Crippen LogP contribution in [0.2, 0.25) is 0 Å². The van der Waals surface area contributed by atoms with Crippen LogP contribution >= 0.6 is 11.8 Å². The lowest BCUT2D eigenvalue weighted by atomic mass is 10.4. The molecule has 1 aromatic heterocycles. The first-order valence-corrected chi connectivity index (χ1v) is 8.54. The minimum Gasteiger partial charge on any atom is -0.396 e. The molecule has 0 aliphatic heterocycles. The van der Waals surface area contributed by atoms with Gasteiger partial charge in [-0.1, -0.05) is 0 Å². The van der Waals surface area contributed by atoms with Gasteiger partial charge in [0.2, 0.25) is 0 Å². The molecule has 102 valence electrons. The molecule has 0 spiro atoms. The lowest BCUT2D eigenvalue weighted by Crippen LogP contribution is -2.00. The van der Waals surface area contributed by atoms with Crippen molar-refractivity contribution in [1.82, 2.24) is 9.78 Å². The molecule has 0 radical (unpaired) electrons. The Labute approximate surface area is 116 Å². The molecule has 0 aliphatic carbocycles. The number of hydrogen-bond acceptors (Lipinski definition) is 5. The van der Waals surface area contributed by atoms with Crippen molar-refractivity contribution in [2.24, 2.45) is 0 Å². The second-order valence-electron chi connectivity index (χ2n) is 4.13. The molecule has 2 aromatic rings. The molecule has 7 heteroatoms. The van der Waals surface area contributed by atoms with Gasteiger partial charge in [0, 0.05) is 23.1 Å². The molecule has 0 fully saturated rings. The number of nitrogens with zero attached hydrogens (tertiary/aromatic N) is 2. The van der Waals surface area contributed by atoms with E-state index in [9.17, 15) is 8.42 Å². The van der Waals surface area contributed by atoms with E-state index in [1.807, 2.05) is 12.1 Å². The molecule has 0 unspecified atom stereocenters. The van der Waals surface area contributed by atoms with E-state index in [1.165, 1.54) is 6.26 Å². The Morgan fingerprint density at radius 2 is 2.00 bits per heavy atom. The molecule has 2 rings (SSSR count). The predicted octanol–water partition coefficient (Wildman–Crippen LogP) is 1.66. The molecule has 19 heavy (non-hydrogen) atoms. The third-order valence-corrected chi connectivity index (χ3v) is 4.61. The standard InChI is InChI=1S/C12H15N3O2S2/c1-19(16,17)12-4-2-11(3-5-12)18-7-6-15-9-10(13)8-14-15/h2-5,8-9H,6-7,13H2,1H3. The number of rotatable bonds is 5. The van der Waals surface area contributed by atoms with Crippen LogP contribution in [-0.2, 0) is 16.4 Å². The van der Waals surface area contributed by atoms with Gasteiger partial charge in [0.05, 0.1) is 23.3 Å². The Hall–Kier alpha value is -1.47. The van der Waals surface area contributed by atoms with Crippen LogP contribution in [0.1, 0.15) is 0 Å². The van der Waals surface area contributed by atoms with Crippen LogP contribution in [0.15, 0.2) is 46.5 Å².